The Morgan fingerprint density at radius 3 is 2.83 bits per heavy atom. The summed E-state index contributed by atoms with van der Waals surface area (Å²) in [5.74, 6) is 0.379. The summed E-state index contributed by atoms with van der Waals surface area (Å²) in [6.07, 6.45) is 4.29. The SMILES string of the molecule is CC(=O)Nc1ccn(C2CCN(C(=O)c3ccc(C)nc3)C2)n1. The Balaban J connectivity index is 1.66. The van der Waals surface area contributed by atoms with Gasteiger partial charge in [0.25, 0.3) is 5.91 Å². The van der Waals surface area contributed by atoms with Gasteiger partial charge in [0.05, 0.1) is 11.6 Å². The van der Waals surface area contributed by atoms with Crippen molar-refractivity contribution in [2.75, 3.05) is 18.4 Å². The van der Waals surface area contributed by atoms with E-state index in [4.69, 9.17) is 0 Å². The number of anilines is 1. The van der Waals surface area contributed by atoms with Crippen molar-refractivity contribution < 1.29 is 9.59 Å². The summed E-state index contributed by atoms with van der Waals surface area (Å²) in [7, 11) is 0. The summed E-state index contributed by atoms with van der Waals surface area (Å²) < 4.78 is 1.81. The zero-order valence-electron chi connectivity index (χ0n) is 13.2. The molecule has 1 unspecified atom stereocenters. The van der Waals surface area contributed by atoms with Gasteiger partial charge in [-0.05, 0) is 25.5 Å². The summed E-state index contributed by atoms with van der Waals surface area (Å²) in [5, 5.41) is 7.00. The molecule has 0 aliphatic carbocycles. The average Bonchev–Trinajstić information content (AvgIpc) is 3.15. The van der Waals surface area contributed by atoms with Crippen LogP contribution in [0.4, 0.5) is 5.82 Å². The maximum atomic E-state index is 12.5. The molecule has 2 aromatic rings. The van der Waals surface area contributed by atoms with Crippen molar-refractivity contribution >= 4 is 17.6 Å². The van der Waals surface area contributed by atoms with E-state index >= 15 is 0 Å². The summed E-state index contributed by atoms with van der Waals surface area (Å²) in [6.45, 7) is 4.63. The lowest BCUT2D eigenvalue weighted by atomic mass is 10.2. The molecule has 0 radical (unpaired) electrons. The Bertz CT molecular complexity index is 722. The lowest BCUT2D eigenvalue weighted by Crippen LogP contribution is -2.29. The molecular weight excluding hydrogens is 294 g/mol. The van der Waals surface area contributed by atoms with E-state index in [9.17, 15) is 9.59 Å². The third-order valence-electron chi connectivity index (χ3n) is 3.90. The Morgan fingerprint density at radius 1 is 1.30 bits per heavy atom. The Kier molecular flexibility index (Phi) is 4.10. The summed E-state index contributed by atoms with van der Waals surface area (Å²) in [5.41, 5.74) is 1.50. The van der Waals surface area contributed by atoms with Gasteiger partial charge >= 0.3 is 0 Å². The number of nitrogens with one attached hydrogen (secondary N) is 1. The van der Waals surface area contributed by atoms with Crippen molar-refractivity contribution in [3.05, 3.63) is 41.9 Å². The van der Waals surface area contributed by atoms with Gasteiger partial charge in [0.1, 0.15) is 0 Å². The number of aromatic nitrogens is 3. The van der Waals surface area contributed by atoms with Crippen LogP contribution in [0, 0.1) is 6.92 Å². The number of amides is 2. The van der Waals surface area contributed by atoms with Gasteiger partial charge < -0.3 is 10.2 Å². The van der Waals surface area contributed by atoms with E-state index in [0.717, 1.165) is 12.1 Å². The number of carbonyl (C=O) groups excluding carboxylic acids is 2. The Labute approximate surface area is 134 Å². The highest BCUT2D eigenvalue weighted by molar-refractivity contribution is 5.94. The second kappa shape index (κ2) is 6.20. The first-order valence-electron chi connectivity index (χ1n) is 7.57. The number of hydrogen-bond acceptors (Lipinski definition) is 4. The number of rotatable bonds is 3. The van der Waals surface area contributed by atoms with Crippen molar-refractivity contribution in [1.82, 2.24) is 19.7 Å². The van der Waals surface area contributed by atoms with Crippen molar-refractivity contribution in [3.8, 4) is 0 Å². The van der Waals surface area contributed by atoms with Crippen LogP contribution in [0.5, 0.6) is 0 Å². The second-order valence-corrected chi connectivity index (χ2v) is 5.74. The van der Waals surface area contributed by atoms with Gasteiger partial charge in [0.15, 0.2) is 5.82 Å². The smallest absolute Gasteiger partial charge is 0.255 e. The third kappa shape index (κ3) is 3.39. The van der Waals surface area contributed by atoms with Gasteiger partial charge in [-0.15, -0.1) is 0 Å². The minimum absolute atomic E-state index is 0.00533. The molecule has 0 spiro atoms. The number of hydrogen-bond donors (Lipinski definition) is 1. The Hall–Kier alpha value is -2.70. The summed E-state index contributed by atoms with van der Waals surface area (Å²) in [6, 6.07) is 5.53. The van der Waals surface area contributed by atoms with E-state index in [2.05, 4.69) is 15.4 Å². The normalized spacial score (nSPS) is 17.3. The molecule has 1 aliphatic heterocycles. The molecular formula is C16H19N5O2. The van der Waals surface area contributed by atoms with Crippen LogP contribution in [0.25, 0.3) is 0 Å². The molecule has 0 saturated carbocycles. The van der Waals surface area contributed by atoms with Gasteiger partial charge in [-0.25, -0.2) is 0 Å². The zero-order chi connectivity index (χ0) is 16.4. The molecule has 2 aromatic heterocycles. The summed E-state index contributed by atoms with van der Waals surface area (Å²) in [4.78, 5) is 29.5. The Morgan fingerprint density at radius 2 is 2.13 bits per heavy atom. The fraction of sp³-hybridized carbons (Fsp3) is 0.375. The quantitative estimate of drug-likeness (QED) is 0.934. The molecule has 7 nitrogen and oxygen atoms in total. The van der Waals surface area contributed by atoms with Crippen LogP contribution >= 0.6 is 0 Å². The molecule has 1 fully saturated rings. The van der Waals surface area contributed by atoms with Gasteiger partial charge in [-0.2, -0.15) is 5.10 Å². The summed E-state index contributed by atoms with van der Waals surface area (Å²) >= 11 is 0. The van der Waals surface area contributed by atoms with Crippen LogP contribution in [0.3, 0.4) is 0 Å². The first kappa shape index (κ1) is 15.2. The van der Waals surface area contributed by atoms with Crippen LogP contribution < -0.4 is 5.32 Å². The fourth-order valence-electron chi connectivity index (χ4n) is 2.71. The molecule has 1 aliphatic rings. The van der Waals surface area contributed by atoms with Crippen LogP contribution in [-0.2, 0) is 4.79 Å². The van der Waals surface area contributed by atoms with Crippen molar-refractivity contribution in [1.29, 1.82) is 0 Å². The number of carbonyl (C=O) groups is 2. The van der Waals surface area contributed by atoms with E-state index in [-0.39, 0.29) is 17.9 Å². The van der Waals surface area contributed by atoms with Gasteiger partial charge in [0.2, 0.25) is 5.91 Å². The number of aryl methyl sites for hydroxylation is 1. The lowest BCUT2D eigenvalue weighted by Gasteiger charge is -2.16. The van der Waals surface area contributed by atoms with Gasteiger partial charge in [0, 0.05) is 44.2 Å². The van der Waals surface area contributed by atoms with E-state index < -0.39 is 0 Å². The maximum absolute atomic E-state index is 12.5. The van der Waals surface area contributed by atoms with E-state index in [1.807, 2.05) is 28.8 Å². The van der Waals surface area contributed by atoms with Crippen LogP contribution in [0.1, 0.15) is 35.4 Å². The molecule has 23 heavy (non-hydrogen) atoms. The molecule has 7 heteroatoms. The lowest BCUT2D eigenvalue weighted by molar-refractivity contribution is -0.114. The third-order valence-corrected chi connectivity index (χ3v) is 3.90. The van der Waals surface area contributed by atoms with E-state index in [1.165, 1.54) is 6.92 Å². The van der Waals surface area contributed by atoms with Crippen molar-refractivity contribution in [3.63, 3.8) is 0 Å². The minimum atomic E-state index is -0.148. The number of likely N-dealkylation sites (tertiary alicyclic amines) is 1. The number of pyridine rings is 1. The molecule has 120 valence electrons. The van der Waals surface area contributed by atoms with Gasteiger partial charge in [-0.1, -0.05) is 0 Å². The first-order valence-corrected chi connectivity index (χ1v) is 7.57. The molecule has 3 heterocycles. The monoisotopic (exact) mass is 313 g/mol. The second-order valence-electron chi connectivity index (χ2n) is 5.74. The van der Waals surface area contributed by atoms with Crippen molar-refractivity contribution in [2.45, 2.75) is 26.3 Å². The average molecular weight is 313 g/mol. The molecule has 1 saturated heterocycles. The standard InChI is InChI=1S/C16H19N5O2/c1-11-3-4-13(9-17-11)16(23)20-7-5-14(10-20)21-8-6-15(19-21)18-12(2)22/h3-4,6,8-9,14H,5,7,10H2,1-2H3,(H,18,19,22). The zero-order valence-corrected chi connectivity index (χ0v) is 13.2. The highest BCUT2D eigenvalue weighted by Gasteiger charge is 2.28. The minimum Gasteiger partial charge on any atom is -0.336 e. The van der Waals surface area contributed by atoms with Crippen LogP contribution in [0.2, 0.25) is 0 Å². The maximum Gasteiger partial charge on any atom is 0.255 e. The molecule has 3 rings (SSSR count). The van der Waals surface area contributed by atoms with Crippen LogP contribution in [0.15, 0.2) is 30.6 Å². The van der Waals surface area contributed by atoms with E-state index in [1.54, 1.807) is 18.3 Å². The molecule has 1 atom stereocenters. The number of nitrogens with zero attached hydrogens (tertiary/aromatic N) is 4. The van der Waals surface area contributed by atoms with E-state index in [0.29, 0.717) is 24.5 Å². The topological polar surface area (TPSA) is 80.1 Å². The first-order chi connectivity index (χ1) is 11.0. The predicted octanol–water partition coefficient (Wildman–Crippen LogP) is 1.63. The van der Waals surface area contributed by atoms with Crippen LogP contribution in [-0.4, -0.2) is 44.6 Å². The fourth-order valence-corrected chi connectivity index (χ4v) is 2.71. The predicted molar refractivity (Wildman–Crippen MR) is 85.1 cm³/mol. The van der Waals surface area contributed by atoms with Crippen molar-refractivity contribution in [2.24, 2.45) is 0 Å². The van der Waals surface area contributed by atoms with Gasteiger partial charge in [-0.3, -0.25) is 19.3 Å². The molecule has 2 amide bonds. The highest BCUT2D eigenvalue weighted by atomic mass is 16.2. The largest absolute Gasteiger partial charge is 0.336 e. The highest BCUT2D eigenvalue weighted by Crippen LogP contribution is 2.23. The molecule has 0 aromatic carbocycles. The molecule has 1 N–H and O–H groups in total. The molecule has 0 bridgehead atoms.